The highest BCUT2D eigenvalue weighted by Crippen LogP contribution is 2.37. The van der Waals surface area contributed by atoms with Crippen molar-refractivity contribution in [3.8, 4) is 22.8 Å². The number of aryl methyl sites for hydroxylation is 4. The summed E-state index contributed by atoms with van der Waals surface area (Å²) in [6.07, 6.45) is 0.724. The van der Waals surface area contributed by atoms with E-state index in [4.69, 9.17) is 14.5 Å². The summed E-state index contributed by atoms with van der Waals surface area (Å²) >= 11 is 1.43. The second kappa shape index (κ2) is 10.8. The first-order chi connectivity index (χ1) is 18.4. The van der Waals surface area contributed by atoms with Crippen LogP contribution in [0.15, 0.2) is 45.6 Å². The Balaban J connectivity index is 1.68. The minimum Gasteiger partial charge on any atom is -0.493 e. The Labute approximate surface area is 225 Å². The van der Waals surface area contributed by atoms with Gasteiger partial charge in [-0.25, -0.2) is 9.79 Å². The highest BCUT2D eigenvalue weighted by Gasteiger charge is 2.22. The molecule has 0 radical (unpaired) electrons. The van der Waals surface area contributed by atoms with E-state index in [2.05, 4.69) is 48.4 Å². The Morgan fingerprint density at radius 2 is 1.89 bits per heavy atom. The summed E-state index contributed by atoms with van der Waals surface area (Å²) in [7, 11) is 1.63. The Bertz CT molecular complexity index is 1580. The molecule has 0 amide bonds. The molecule has 1 N–H and O–H groups in total. The van der Waals surface area contributed by atoms with Crippen LogP contribution in [0.1, 0.15) is 29.2 Å². The molecule has 0 atom stereocenters. The summed E-state index contributed by atoms with van der Waals surface area (Å²) in [6, 6.07) is 10.3. The molecule has 0 spiro atoms. The van der Waals surface area contributed by atoms with Gasteiger partial charge < -0.3 is 14.8 Å². The van der Waals surface area contributed by atoms with Crippen LogP contribution in [0.25, 0.3) is 11.3 Å². The average Bonchev–Trinajstić information content (AvgIpc) is 3.41. The molecule has 0 saturated carbocycles. The highest BCUT2D eigenvalue weighted by atomic mass is 32.1. The van der Waals surface area contributed by atoms with E-state index in [0.29, 0.717) is 43.2 Å². The molecule has 2 aromatic heterocycles. The van der Waals surface area contributed by atoms with Crippen molar-refractivity contribution in [2.45, 2.75) is 47.2 Å². The van der Waals surface area contributed by atoms with E-state index in [1.54, 1.807) is 17.2 Å². The number of hydrogen-bond acceptors (Lipinski definition) is 8. The molecule has 0 bridgehead atoms. The molecule has 0 unspecified atom stereocenters. The van der Waals surface area contributed by atoms with Crippen LogP contribution in [0, 0.1) is 20.8 Å². The zero-order valence-electron chi connectivity index (χ0n) is 22.4. The second-order valence-electron chi connectivity index (χ2n) is 9.35. The second-order valence-corrected chi connectivity index (χ2v) is 10.2. The van der Waals surface area contributed by atoms with Crippen molar-refractivity contribution in [1.29, 1.82) is 0 Å². The number of anilines is 1. The summed E-state index contributed by atoms with van der Waals surface area (Å²) < 4.78 is 15.0. The number of nitrogens with one attached hydrogen (secondary N) is 1. The third-order valence-corrected chi connectivity index (χ3v) is 7.35. The predicted octanol–water partition coefficient (Wildman–Crippen LogP) is 4.40. The minimum absolute atomic E-state index is 0.0961. The van der Waals surface area contributed by atoms with Crippen LogP contribution in [0.5, 0.6) is 11.5 Å². The van der Waals surface area contributed by atoms with Crippen LogP contribution in [0.3, 0.4) is 0 Å². The number of rotatable bonds is 8. The van der Waals surface area contributed by atoms with Crippen LogP contribution in [-0.4, -0.2) is 39.6 Å². The molecule has 1 aliphatic rings. The first kappa shape index (κ1) is 25.7. The molecule has 4 aromatic rings. The molecule has 2 aromatic carbocycles. The third-order valence-electron chi connectivity index (χ3n) is 6.70. The van der Waals surface area contributed by atoms with Crippen molar-refractivity contribution >= 4 is 22.2 Å². The van der Waals surface area contributed by atoms with E-state index >= 15 is 0 Å². The molecule has 0 fully saturated rings. The van der Waals surface area contributed by atoms with Crippen molar-refractivity contribution in [2.75, 3.05) is 25.6 Å². The molecule has 0 saturated heterocycles. The lowest BCUT2D eigenvalue weighted by atomic mass is 9.97. The van der Waals surface area contributed by atoms with Gasteiger partial charge in [-0.2, -0.15) is 0 Å². The Morgan fingerprint density at radius 1 is 1.11 bits per heavy atom. The van der Waals surface area contributed by atoms with Crippen molar-refractivity contribution in [1.82, 2.24) is 19.3 Å². The summed E-state index contributed by atoms with van der Waals surface area (Å²) in [5.74, 6) is 1.36. The molecule has 10 heteroatoms. The first-order valence-corrected chi connectivity index (χ1v) is 13.6. The maximum atomic E-state index is 13.9. The zero-order chi connectivity index (χ0) is 26.8. The lowest BCUT2D eigenvalue weighted by Gasteiger charge is -2.25. The van der Waals surface area contributed by atoms with Gasteiger partial charge in [-0.3, -0.25) is 9.13 Å². The molecule has 1 aliphatic heterocycles. The fourth-order valence-electron chi connectivity index (χ4n) is 5.06. The molecular weight excluding hydrogens is 500 g/mol. The number of fused-ring (bicyclic) bond motifs is 3. The van der Waals surface area contributed by atoms with Gasteiger partial charge in [0.15, 0.2) is 11.5 Å². The van der Waals surface area contributed by atoms with Crippen LogP contribution in [-0.2, 0) is 19.5 Å². The van der Waals surface area contributed by atoms with Crippen molar-refractivity contribution in [2.24, 2.45) is 4.99 Å². The number of hydrogen-bond donors (Lipinski definition) is 1. The van der Waals surface area contributed by atoms with Crippen molar-refractivity contribution in [3.05, 3.63) is 74.1 Å². The molecule has 38 heavy (non-hydrogen) atoms. The van der Waals surface area contributed by atoms with E-state index < -0.39 is 0 Å². The number of aromatic nitrogens is 4. The van der Waals surface area contributed by atoms with E-state index in [1.807, 2.05) is 29.7 Å². The summed E-state index contributed by atoms with van der Waals surface area (Å²) in [4.78, 5) is 19.0. The van der Waals surface area contributed by atoms with Gasteiger partial charge >= 0.3 is 5.69 Å². The molecule has 9 nitrogen and oxygen atoms in total. The lowest BCUT2D eigenvalue weighted by molar-refractivity contribution is 0.310. The molecular formula is C28H32N6O3S. The summed E-state index contributed by atoms with van der Waals surface area (Å²) in [5.41, 5.74) is 9.31. The topological polar surface area (TPSA) is 95.6 Å². The standard InChI is InChI=1S/C28H32N6O3S/c1-6-37-24-13-20-7-9-33-22(21(20)14-23(24)36-5)15-25(31-26-18(3)11-17(2)12-19(26)4)34(28(33)35)10-8-29-27-32-30-16-38-27/h11-16H,6-10H2,1-5H3,(H,29,32)/b31-25+. The van der Waals surface area contributed by atoms with Crippen molar-refractivity contribution in [3.63, 3.8) is 0 Å². The zero-order valence-corrected chi connectivity index (χ0v) is 23.2. The minimum atomic E-state index is -0.0961. The first-order valence-electron chi connectivity index (χ1n) is 12.7. The van der Waals surface area contributed by atoms with Gasteiger partial charge in [0.2, 0.25) is 5.13 Å². The summed E-state index contributed by atoms with van der Waals surface area (Å²) in [6.45, 7) is 10.2. The van der Waals surface area contributed by atoms with Gasteiger partial charge in [-0.1, -0.05) is 29.0 Å². The van der Waals surface area contributed by atoms with Gasteiger partial charge in [-0.15, -0.1) is 10.2 Å². The van der Waals surface area contributed by atoms with Gasteiger partial charge in [0.1, 0.15) is 11.0 Å². The maximum absolute atomic E-state index is 13.9. The number of benzene rings is 2. The molecule has 3 heterocycles. The van der Waals surface area contributed by atoms with E-state index in [-0.39, 0.29) is 5.69 Å². The smallest absolute Gasteiger partial charge is 0.330 e. The molecule has 5 rings (SSSR count). The van der Waals surface area contributed by atoms with E-state index in [0.717, 1.165) is 45.2 Å². The molecule has 198 valence electrons. The van der Waals surface area contributed by atoms with Crippen molar-refractivity contribution < 1.29 is 9.47 Å². The highest BCUT2D eigenvalue weighted by molar-refractivity contribution is 7.13. The fourth-order valence-corrected chi connectivity index (χ4v) is 5.54. The lowest BCUT2D eigenvalue weighted by Crippen LogP contribution is -2.43. The van der Waals surface area contributed by atoms with Crippen LogP contribution in [0.2, 0.25) is 0 Å². The van der Waals surface area contributed by atoms with Crippen LogP contribution < -0.4 is 26.0 Å². The Morgan fingerprint density at radius 3 is 2.58 bits per heavy atom. The van der Waals surface area contributed by atoms with E-state index in [1.165, 1.54) is 16.9 Å². The van der Waals surface area contributed by atoms with Crippen LogP contribution >= 0.6 is 11.3 Å². The fraction of sp³-hybridized carbons (Fsp3) is 0.357. The average molecular weight is 533 g/mol. The molecule has 0 aliphatic carbocycles. The Hall–Kier alpha value is -3.92. The van der Waals surface area contributed by atoms with E-state index in [9.17, 15) is 4.79 Å². The maximum Gasteiger partial charge on any atom is 0.330 e. The van der Waals surface area contributed by atoms with Gasteiger partial charge in [0, 0.05) is 31.3 Å². The normalized spacial score (nSPS) is 12.7. The Kier molecular flexibility index (Phi) is 7.33. The SMILES string of the molecule is CCOc1cc2c(cc1OC)-c1c/c(=N\c3c(C)cc(C)cc3C)n(CCNc3nncs3)c(=O)n1CC2. The largest absolute Gasteiger partial charge is 0.493 e. The van der Waals surface area contributed by atoms with Gasteiger partial charge in [-0.05, 0) is 62.9 Å². The third kappa shape index (κ3) is 4.96. The monoisotopic (exact) mass is 532 g/mol. The number of nitrogens with zero attached hydrogens (tertiary/aromatic N) is 5. The van der Waals surface area contributed by atoms with Crippen LogP contribution in [0.4, 0.5) is 10.8 Å². The quantitative estimate of drug-likeness (QED) is 0.361. The number of methoxy groups -OCH3 is 1. The predicted molar refractivity (Wildman–Crippen MR) is 150 cm³/mol. The van der Waals surface area contributed by atoms with Gasteiger partial charge in [0.05, 0.1) is 25.1 Å². The van der Waals surface area contributed by atoms with Gasteiger partial charge in [0.25, 0.3) is 0 Å². The summed E-state index contributed by atoms with van der Waals surface area (Å²) in [5, 5.41) is 11.9. The number of ether oxygens (including phenoxy) is 2.